The predicted octanol–water partition coefficient (Wildman–Crippen LogP) is 1.99. The second kappa shape index (κ2) is 4.17. The predicted molar refractivity (Wildman–Crippen MR) is 59.5 cm³/mol. The largest absolute Gasteiger partial charge is 0.332 e. The minimum atomic E-state index is -0.125. The van der Waals surface area contributed by atoms with Crippen molar-refractivity contribution in [2.75, 3.05) is 0 Å². The summed E-state index contributed by atoms with van der Waals surface area (Å²) in [5.74, 6) is 0. The molecule has 1 aromatic rings. The van der Waals surface area contributed by atoms with Crippen LogP contribution in [0.15, 0.2) is 43.0 Å². The van der Waals surface area contributed by atoms with Crippen LogP contribution in [0.5, 0.6) is 0 Å². The number of urea groups is 1. The van der Waals surface area contributed by atoms with Crippen LogP contribution in [0.3, 0.4) is 0 Å². The van der Waals surface area contributed by atoms with Gasteiger partial charge in [-0.2, -0.15) is 0 Å². The molecule has 1 aliphatic heterocycles. The number of hydrogen-bond donors (Lipinski definition) is 2. The van der Waals surface area contributed by atoms with Gasteiger partial charge in [0, 0.05) is 0 Å². The van der Waals surface area contributed by atoms with E-state index >= 15 is 0 Å². The molecule has 0 bridgehead atoms. The maximum absolute atomic E-state index is 11.3. The van der Waals surface area contributed by atoms with Gasteiger partial charge < -0.3 is 10.6 Å². The van der Waals surface area contributed by atoms with E-state index in [-0.39, 0.29) is 18.1 Å². The number of nitrogens with one attached hydrogen (secondary N) is 2. The van der Waals surface area contributed by atoms with E-state index in [1.54, 1.807) is 6.08 Å². The average Bonchev–Trinajstić information content (AvgIpc) is 2.29. The maximum atomic E-state index is 11.3. The minimum absolute atomic E-state index is 0.0592. The van der Waals surface area contributed by atoms with E-state index in [0.29, 0.717) is 0 Å². The molecule has 1 saturated heterocycles. The molecule has 3 heteroatoms. The van der Waals surface area contributed by atoms with Crippen LogP contribution >= 0.6 is 0 Å². The van der Waals surface area contributed by atoms with E-state index in [0.717, 1.165) is 12.0 Å². The molecule has 78 valence electrons. The first kappa shape index (κ1) is 9.77. The molecule has 2 rings (SSSR count). The normalized spacial score (nSPS) is 25.2. The fourth-order valence-corrected chi connectivity index (χ4v) is 1.80. The summed E-state index contributed by atoms with van der Waals surface area (Å²) in [5, 5.41) is 5.70. The van der Waals surface area contributed by atoms with Gasteiger partial charge in [-0.05, 0) is 12.0 Å². The average molecular weight is 202 g/mol. The maximum Gasteiger partial charge on any atom is 0.315 e. The Morgan fingerprint density at radius 1 is 1.27 bits per heavy atom. The third kappa shape index (κ3) is 2.18. The number of benzene rings is 1. The lowest BCUT2D eigenvalue weighted by Crippen LogP contribution is -2.49. The molecule has 0 aliphatic carbocycles. The number of hydrogen-bond acceptors (Lipinski definition) is 1. The van der Waals surface area contributed by atoms with Gasteiger partial charge in [0.25, 0.3) is 0 Å². The standard InChI is InChI=1S/C12H14N2O/c1-2-10-8-11(14-12(15)13-10)9-6-4-3-5-7-9/h2-7,10-11H,1,8H2,(H2,13,14,15)/t10-,11-/m0/s1. The van der Waals surface area contributed by atoms with Crippen molar-refractivity contribution in [1.29, 1.82) is 0 Å². The second-order valence-corrected chi connectivity index (χ2v) is 3.66. The highest BCUT2D eigenvalue weighted by molar-refractivity contribution is 5.76. The molecule has 0 spiro atoms. The van der Waals surface area contributed by atoms with Crippen LogP contribution in [-0.2, 0) is 0 Å². The Labute approximate surface area is 89.2 Å². The van der Waals surface area contributed by atoms with Crippen molar-refractivity contribution >= 4 is 6.03 Å². The molecule has 2 amide bonds. The van der Waals surface area contributed by atoms with Gasteiger partial charge in [-0.3, -0.25) is 0 Å². The summed E-state index contributed by atoms with van der Waals surface area (Å²) in [6, 6.07) is 10.00. The fraction of sp³-hybridized carbons (Fsp3) is 0.250. The topological polar surface area (TPSA) is 41.1 Å². The minimum Gasteiger partial charge on any atom is -0.332 e. The van der Waals surface area contributed by atoms with Gasteiger partial charge in [0.1, 0.15) is 0 Å². The van der Waals surface area contributed by atoms with Gasteiger partial charge in [0.15, 0.2) is 0 Å². The Morgan fingerprint density at radius 2 is 2.00 bits per heavy atom. The molecular weight excluding hydrogens is 188 g/mol. The van der Waals surface area contributed by atoms with Crippen molar-refractivity contribution in [3.05, 3.63) is 48.6 Å². The van der Waals surface area contributed by atoms with E-state index in [2.05, 4.69) is 17.2 Å². The number of amides is 2. The van der Waals surface area contributed by atoms with Crippen molar-refractivity contribution < 1.29 is 4.79 Å². The van der Waals surface area contributed by atoms with Crippen LogP contribution in [0.2, 0.25) is 0 Å². The van der Waals surface area contributed by atoms with Gasteiger partial charge >= 0.3 is 6.03 Å². The number of carbonyl (C=O) groups excluding carboxylic acids is 1. The monoisotopic (exact) mass is 202 g/mol. The summed E-state index contributed by atoms with van der Waals surface area (Å²) in [4.78, 5) is 11.3. The van der Waals surface area contributed by atoms with Crippen molar-refractivity contribution in [3.8, 4) is 0 Å². The van der Waals surface area contributed by atoms with Gasteiger partial charge in [0.2, 0.25) is 0 Å². The third-order valence-corrected chi connectivity index (χ3v) is 2.60. The van der Waals surface area contributed by atoms with E-state index in [1.165, 1.54) is 0 Å². The van der Waals surface area contributed by atoms with E-state index in [1.807, 2.05) is 30.3 Å². The summed E-state index contributed by atoms with van der Waals surface area (Å²) in [6.07, 6.45) is 2.62. The zero-order valence-electron chi connectivity index (χ0n) is 8.44. The lowest BCUT2D eigenvalue weighted by molar-refractivity contribution is 0.224. The molecule has 15 heavy (non-hydrogen) atoms. The number of carbonyl (C=O) groups is 1. The Kier molecular flexibility index (Phi) is 2.72. The molecule has 0 aromatic heterocycles. The van der Waals surface area contributed by atoms with Crippen LogP contribution < -0.4 is 10.6 Å². The van der Waals surface area contributed by atoms with Crippen molar-refractivity contribution in [1.82, 2.24) is 10.6 Å². The zero-order chi connectivity index (χ0) is 10.7. The molecule has 2 atom stereocenters. The molecule has 1 heterocycles. The molecule has 0 saturated carbocycles. The molecule has 0 unspecified atom stereocenters. The second-order valence-electron chi connectivity index (χ2n) is 3.66. The zero-order valence-corrected chi connectivity index (χ0v) is 8.44. The molecule has 1 aliphatic rings. The van der Waals surface area contributed by atoms with Crippen molar-refractivity contribution in [2.45, 2.75) is 18.5 Å². The molecule has 0 radical (unpaired) electrons. The van der Waals surface area contributed by atoms with Crippen LogP contribution in [-0.4, -0.2) is 12.1 Å². The molecule has 1 aromatic carbocycles. The van der Waals surface area contributed by atoms with E-state index in [9.17, 15) is 4.79 Å². The molecule has 1 fully saturated rings. The quantitative estimate of drug-likeness (QED) is 0.707. The van der Waals surface area contributed by atoms with Crippen LogP contribution in [0.1, 0.15) is 18.0 Å². The fourth-order valence-electron chi connectivity index (χ4n) is 1.80. The Hall–Kier alpha value is -1.77. The van der Waals surface area contributed by atoms with Crippen LogP contribution in [0, 0.1) is 0 Å². The van der Waals surface area contributed by atoms with Crippen molar-refractivity contribution in [2.24, 2.45) is 0 Å². The van der Waals surface area contributed by atoms with Crippen molar-refractivity contribution in [3.63, 3.8) is 0 Å². The highest BCUT2D eigenvalue weighted by Gasteiger charge is 2.24. The lowest BCUT2D eigenvalue weighted by atomic mass is 9.98. The van der Waals surface area contributed by atoms with Crippen LogP contribution in [0.4, 0.5) is 4.79 Å². The highest BCUT2D eigenvalue weighted by atomic mass is 16.2. The molecule has 2 N–H and O–H groups in total. The summed E-state index contributed by atoms with van der Waals surface area (Å²) < 4.78 is 0. The smallest absolute Gasteiger partial charge is 0.315 e. The van der Waals surface area contributed by atoms with Crippen LogP contribution in [0.25, 0.3) is 0 Å². The number of rotatable bonds is 2. The first-order chi connectivity index (χ1) is 7.29. The first-order valence-electron chi connectivity index (χ1n) is 5.04. The molecular formula is C12H14N2O. The van der Waals surface area contributed by atoms with Gasteiger partial charge in [-0.15, -0.1) is 6.58 Å². The van der Waals surface area contributed by atoms with E-state index in [4.69, 9.17) is 0 Å². The summed E-state index contributed by atoms with van der Waals surface area (Å²) in [5.41, 5.74) is 1.14. The summed E-state index contributed by atoms with van der Waals surface area (Å²) in [7, 11) is 0. The lowest BCUT2D eigenvalue weighted by Gasteiger charge is -2.29. The van der Waals surface area contributed by atoms with Gasteiger partial charge in [0.05, 0.1) is 12.1 Å². The van der Waals surface area contributed by atoms with Gasteiger partial charge in [-0.1, -0.05) is 36.4 Å². The first-order valence-corrected chi connectivity index (χ1v) is 5.04. The third-order valence-electron chi connectivity index (χ3n) is 2.60. The Bertz CT molecular complexity index is 361. The molecule has 3 nitrogen and oxygen atoms in total. The summed E-state index contributed by atoms with van der Waals surface area (Å²) >= 11 is 0. The van der Waals surface area contributed by atoms with Gasteiger partial charge in [-0.25, -0.2) is 4.79 Å². The van der Waals surface area contributed by atoms with E-state index < -0.39 is 0 Å². The highest BCUT2D eigenvalue weighted by Crippen LogP contribution is 2.21. The summed E-state index contributed by atoms with van der Waals surface area (Å²) in [6.45, 7) is 3.70. The Balaban J connectivity index is 2.16. The Morgan fingerprint density at radius 3 is 2.67 bits per heavy atom. The SMILES string of the molecule is C=C[C@H]1C[C@@H](c2ccccc2)NC(=O)N1.